The summed E-state index contributed by atoms with van der Waals surface area (Å²) in [4.78, 5) is 19.6. The van der Waals surface area contributed by atoms with Gasteiger partial charge < -0.3 is 15.0 Å². The lowest BCUT2D eigenvalue weighted by Gasteiger charge is -2.16. The predicted molar refractivity (Wildman–Crippen MR) is 100.0 cm³/mol. The van der Waals surface area contributed by atoms with Gasteiger partial charge in [0, 0.05) is 32.1 Å². The van der Waals surface area contributed by atoms with E-state index in [1.807, 2.05) is 25.1 Å². The SMILES string of the molecule is COCCN1CC[C@H](CNC(=O)c2cc3cc(C)ccc3nc2C)C1. The van der Waals surface area contributed by atoms with Crippen LogP contribution < -0.4 is 5.32 Å². The van der Waals surface area contributed by atoms with Crippen molar-refractivity contribution in [3.8, 4) is 0 Å². The average Bonchev–Trinajstić information content (AvgIpc) is 3.05. The molecule has 1 aliphatic rings. The lowest BCUT2D eigenvalue weighted by molar-refractivity contribution is 0.0946. The summed E-state index contributed by atoms with van der Waals surface area (Å²) in [7, 11) is 1.73. The van der Waals surface area contributed by atoms with Crippen LogP contribution in [-0.2, 0) is 4.74 Å². The number of ether oxygens (including phenoxy) is 1. The molecule has 0 saturated carbocycles. The van der Waals surface area contributed by atoms with Gasteiger partial charge >= 0.3 is 0 Å². The summed E-state index contributed by atoms with van der Waals surface area (Å²) < 4.78 is 5.13. The first-order chi connectivity index (χ1) is 12.1. The third-order valence-electron chi connectivity index (χ3n) is 4.94. The number of aryl methyl sites for hydroxylation is 2. The minimum Gasteiger partial charge on any atom is -0.383 e. The molecule has 1 amide bonds. The summed E-state index contributed by atoms with van der Waals surface area (Å²) in [5.74, 6) is 0.487. The number of hydrogen-bond acceptors (Lipinski definition) is 4. The first-order valence-corrected chi connectivity index (χ1v) is 8.94. The van der Waals surface area contributed by atoms with Crippen LogP contribution in [0.15, 0.2) is 24.3 Å². The molecule has 0 radical (unpaired) electrons. The number of amides is 1. The van der Waals surface area contributed by atoms with E-state index in [-0.39, 0.29) is 5.91 Å². The van der Waals surface area contributed by atoms with E-state index in [2.05, 4.69) is 28.2 Å². The van der Waals surface area contributed by atoms with Crippen molar-refractivity contribution in [1.29, 1.82) is 0 Å². The molecular formula is C20H27N3O2. The second kappa shape index (κ2) is 7.93. The smallest absolute Gasteiger partial charge is 0.253 e. The maximum atomic E-state index is 12.6. The van der Waals surface area contributed by atoms with Crippen molar-refractivity contribution in [3.63, 3.8) is 0 Å². The number of fused-ring (bicyclic) bond motifs is 1. The molecule has 0 aliphatic carbocycles. The number of benzene rings is 1. The molecule has 1 atom stereocenters. The molecule has 0 spiro atoms. The molecule has 134 valence electrons. The molecule has 1 saturated heterocycles. The van der Waals surface area contributed by atoms with Crippen molar-refractivity contribution in [2.24, 2.45) is 5.92 Å². The van der Waals surface area contributed by atoms with Crippen LogP contribution in [0, 0.1) is 19.8 Å². The number of hydrogen-bond donors (Lipinski definition) is 1. The second-order valence-electron chi connectivity index (χ2n) is 6.98. The average molecular weight is 341 g/mol. The van der Waals surface area contributed by atoms with Gasteiger partial charge in [-0.05, 0) is 50.9 Å². The van der Waals surface area contributed by atoms with Gasteiger partial charge in [0.25, 0.3) is 5.91 Å². The topological polar surface area (TPSA) is 54.5 Å². The monoisotopic (exact) mass is 341 g/mol. The third-order valence-corrected chi connectivity index (χ3v) is 4.94. The van der Waals surface area contributed by atoms with Crippen molar-refractivity contribution in [2.45, 2.75) is 20.3 Å². The maximum Gasteiger partial charge on any atom is 0.253 e. The fourth-order valence-electron chi connectivity index (χ4n) is 3.46. The molecule has 2 aromatic rings. The Morgan fingerprint density at radius 3 is 3.00 bits per heavy atom. The number of likely N-dealkylation sites (tertiary alicyclic amines) is 1. The quantitative estimate of drug-likeness (QED) is 0.877. The highest BCUT2D eigenvalue weighted by Gasteiger charge is 2.23. The minimum absolute atomic E-state index is 0.0243. The van der Waals surface area contributed by atoms with E-state index in [4.69, 9.17) is 4.74 Å². The summed E-state index contributed by atoms with van der Waals surface area (Å²) in [5.41, 5.74) is 3.56. The molecule has 1 aliphatic heterocycles. The lowest BCUT2D eigenvalue weighted by atomic mass is 10.1. The Balaban J connectivity index is 1.62. The van der Waals surface area contributed by atoms with Crippen LogP contribution in [0.2, 0.25) is 0 Å². The Morgan fingerprint density at radius 1 is 1.36 bits per heavy atom. The van der Waals surface area contributed by atoms with Crippen LogP contribution in [-0.4, -0.2) is 55.7 Å². The number of rotatable bonds is 6. The van der Waals surface area contributed by atoms with E-state index in [9.17, 15) is 4.79 Å². The fourth-order valence-corrected chi connectivity index (χ4v) is 3.46. The van der Waals surface area contributed by atoms with Gasteiger partial charge in [-0.1, -0.05) is 11.6 Å². The molecule has 3 rings (SSSR count). The highest BCUT2D eigenvalue weighted by Crippen LogP contribution is 2.19. The Labute approximate surface area is 149 Å². The van der Waals surface area contributed by atoms with E-state index >= 15 is 0 Å². The van der Waals surface area contributed by atoms with Crippen molar-refractivity contribution in [3.05, 3.63) is 41.1 Å². The Hall–Kier alpha value is -1.98. The highest BCUT2D eigenvalue weighted by atomic mass is 16.5. The molecule has 1 fully saturated rings. The molecule has 1 aromatic heterocycles. The first-order valence-electron chi connectivity index (χ1n) is 8.94. The predicted octanol–water partition coefficient (Wildman–Crippen LogP) is 2.55. The van der Waals surface area contributed by atoms with Gasteiger partial charge in [0.2, 0.25) is 0 Å². The Morgan fingerprint density at radius 2 is 2.20 bits per heavy atom. The number of nitrogens with one attached hydrogen (secondary N) is 1. The molecule has 5 nitrogen and oxygen atoms in total. The number of nitrogens with zero attached hydrogens (tertiary/aromatic N) is 2. The molecule has 1 N–H and O–H groups in total. The van der Waals surface area contributed by atoms with Gasteiger partial charge in [0.05, 0.1) is 23.4 Å². The number of carbonyl (C=O) groups is 1. The lowest BCUT2D eigenvalue weighted by Crippen LogP contribution is -2.32. The molecule has 0 bridgehead atoms. The number of pyridine rings is 1. The summed E-state index contributed by atoms with van der Waals surface area (Å²) in [6, 6.07) is 8.08. The number of aromatic nitrogens is 1. The van der Waals surface area contributed by atoms with Gasteiger partial charge in [0.15, 0.2) is 0 Å². The van der Waals surface area contributed by atoms with Crippen molar-refractivity contribution >= 4 is 16.8 Å². The summed E-state index contributed by atoms with van der Waals surface area (Å²) in [6.07, 6.45) is 1.12. The van der Waals surface area contributed by atoms with Gasteiger partial charge in [-0.2, -0.15) is 0 Å². The van der Waals surface area contributed by atoms with Crippen LogP contribution in [0.25, 0.3) is 10.9 Å². The van der Waals surface area contributed by atoms with Crippen molar-refractivity contribution in [2.75, 3.05) is 39.9 Å². The first kappa shape index (κ1) is 17.8. The molecular weight excluding hydrogens is 314 g/mol. The zero-order chi connectivity index (χ0) is 17.8. The van der Waals surface area contributed by atoms with E-state index in [0.717, 1.165) is 49.3 Å². The minimum atomic E-state index is -0.0243. The van der Waals surface area contributed by atoms with Crippen LogP contribution in [0.3, 0.4) is 0 Å². The van der Waals surface area contributed by atoms with Crippen molar-refractivity contribution < 1.29 is 9.53 Å². The van der Waals surface area contributed by atoms with E-state index in [1.54, 1.807) is 7.11 Å². The largest absolute Gasteiger partial charge is 0.383 e. The number of carbonyl (C=O) groups excluding carboxylic acids is 1. The van der Waals surface area contributed by atoms with Gasteiger partial charge in [-0.25, -0.2) is 0 Å². The van der Waals surface area contributed by atoms with Crippen molar-refractivity contribution in [1.82, 2.24) is 15.2 Å². The van der Waals surface area contributed by atoms with Gasteiger partial charge in [0.1, 0.15) is 0 Å². The zero-order valence-corrected chi connectivity index (χ0v) is 15.3. The molecule has 25 heavy (non-hydrogen) atoms. The summed E-state index contributed by atoms with van der Waals surface area (Å²) in [5, 5.41) is 4.12. The van der Waals surface area contributed by atoms with Crippen LogP contribution in [0.1, 0.15) is 28.0 Å². The second-order valence-corrected chi connectivity index (χ2v) is 6.98. The zero-order valence-electron chi connectivity index (χ0n) is 15.3. The molecule has 2 heterocycles. The maximum absolute atomic E-state index is 12.6. The molecule has 5 heteroatoms. The van der Waals surface area contributed by atoms with E-state index < -0.39 is 0 Å². The standard InChI is InChI=1S/C20H27N3O2/c1-14-4-5-19-17(10-14)11-18(15(2)22-19)20(24)21-12-16-6-7-23(13-16)8-9-25-3/h4-5,10-11,16H,6-9,12-13H2,1-3H3,(H,21,24)/t16-/m1/s1. The van der Waals surface area contributed by atoms with Crippen LogP contribution in [0.4, 0.5) is 0 Å². The van der Waals surface area contributed by atoms with Crippen LogP contribution >= 0.6 is 0 Å². The number of methoxy groups -OCH3 is 1. The highest BCUT2D eigenvalue weighted by molar-refractivity contribution is 5.98. The van der Waals surface area contributed by atoms with Gasteiger partial charge in [-0.3, -0.25) is 9.78 Å². The van der Waals surface area contributed by atoms with Crippen LogP contribution in [0.5, 0.6) is 0 Å². The van der Waals surface area contributed by atoms with Gasteiger partial charge in [-0.15, -0.1) is 0 Å². The van der Waals surface area contributed by atoms with E-state index in [1.165, 1.54) is 5.56 Å². The fraction of sp³-hybridized carbons (Fsp3) is 0.500. The van der Waals surface area contributed by atoms with E-state index in [0.29, 0.717) is 18.0 Å². The third kappa shape index (κ3) is 4.35. The molecule has 0 unspecified atom stereocenters. The molecule has 1 aromatic carbocycles. The Bertz CT molecular complexity index is 760. The summed E-state index contributed by atoms with van der Waals surface area (Å²) in [6.45, 7) is 8.50. The summed E-state index contributed by atoms with van der Waals surface area (Å²) >= 11 is 0. The normalized spacial score (nSPS) is 18.0. The Kier molecular flexibility index (Phi) is 5.66.